The van der Waals surface area contributed by atoms with Crippen LogP contribution in [0.1, 0.15) is 53.1 Å². The van der Waals surface area contributed by atoms with Crippen LogP contribution in [-0.4, -0.2) is 41.7 Å². The number of methoxy groups -OCH3 is 1. The normalized spacial score (nSPS) is 14.0. The van der Waals surface area contributed by atoms with Gasteiger partial charge in [0.15, 0.2) is 6.04 Å². The minimum Gasteiger partial charge on any atom is -0.497 e. The monoisotopic (exact) mass is 426 g/mol. The number of benzene rings is 2. The molecule has 9 nitrogen and oxygen atoms in total. The van der Waals surface area contributed by atoms with E-state index in [1.165, 1.54) is 25.3 Å². The third-order valence-corrected chi connectivity index (χ3v) is 4.26. The van der Waals surface area contributed by atoms with E-state index in [4.69, 9.17) is 14.3 Å². The number of rotatable bonds is 5. The van der Waals surface area contributed by atoms with E-state index in [2.05, 4.69) is 5.32 Å². The van der Waals surface area contributed by atoms with Crippen molar-refractivity contribution < 1.29 is 33.5 Å². The Morgan fingerprint density at radius 2 is 1.58 bits per heavy atom. The molecule has 0 fully saturated rings. The average Bonchev–Trinajstić information content (AvgIpc) is 2.96. The molecule has 1 heterocycles. The summed E-state index contributed by atoms with van der Waals surface area (Å²) >= 11 is 0. The standard InChI is InChI=1S/C22H22N2O7/c1-22(2,3)30-21(28)23-17(13-8-7-9-14(12-13)29-4)20(27)31-24-18(25)15-10-5-6-11-16(15)19(24)26/h5-12,17H,1-4H3,(H,23,28). The predicted octanol–water partition coefficient (Wildman–Crippen LogP) is 3.02. The molecule has 0 aliphatic carbocycles. The lowest BCUT2D eigenvalue weighted by Gasteiger charge is -2.24. The molecule has 31 heavy (non-hydrogen) atoms. The number of nitrogens with zero attached hydrogens (tertiary/aromatic N) is 1. The molecule has 9 heteroatoms. The first-order valence-corrected chi connectivity index (χ1v) is 9.44. The van der Waals surface area contributed by atoms with Gasteiger partial charge < -0.3 is 19.6 Å². The Morgan fingerprint density at radius 1 is 0.968 bits per heavy atom. The Labute approximate surface area is 178 Å². The topological polar surface area (TPSA) is 111 Å². The van der Waals surface area contributed by atoms with Crippen molar-refractivity contribution in [1.29, 1.82) is 0 Å². The molecule has 1 atom stereocenters. The Balaban J connectivity index is 1.86. The van der Waals surface area contributed by atoms with E-state index in [1.54, 1.807) is 51.1 Å². The van der Waals surface area contributed by atoms with Gasteiger partial charge in [0.1, 0.15) is 11.4 Å². The van der Waals surface area contributed by atoms with Crippen LogP contribution in [0, 0.1) is 0 Å². The van der Waals surface area contributed by atoms with Crippen molar-refractivity contribution in [2.75, 3.05) is 7.11 Å². The van der Waals surface area contributed by atoms with Gasteiger partial charge in [0.25, 0.3) is 11.8 Å². The lowest BCUT2D eigenvalue weighted by Crippen LogP contribution is -2.42. The number of carbonyl (C=O) groups excluding carboxylic acids is 4. The Hall–Kier alpha value is -3.88. The molecule has 1 aliphatic rings. The second-order valence-electron chi connectivity index (χ2n) is 7.72. The van der Waals surface area contributed by atoms with Crippen molar-refractivity contribution in [2.24, 2.45) is 0 Å². The Bertz CT molecular complexity index is 1010. The van der Waals surface area contributed by atoms with Gasteiger partial charge in [0.05, 0.1) is 18.2 Å². The molecule has 0 saturated heterocycles. The predicted molar refractivity (Wildman–Crippen MR) is 108 cm³/mol. The number of ether oxygens (including phenoxy) is 2. The van der Waals surface area contributed by atoms with Crippen LogP contribution in [0.3, 0.4) is 0 Å². The third-order valence-electron chi connectivity index (χ3n) is 4.26. The van der Waals surface area contributed by atoms with Crippen molar-refractivity contribution in [2.45, 2.75) is 32.4 Å². The molecule has 0 bridgehead atoms. The first kappa shape index (κ1) is 21.8. The summed E-state index contributed by atoms with van der Waals surface area (Å²) in [6.07, 6.45) is -0.875. The smallest absolute Gasteiger partial charge is 0.408 e. The summed E-state index contributed by atoms with van der Waals surface area (Å²) < 4.78 is 10.4. The van der Waals surface area contributed by atoms with E-state index in [9.17, 15) is 19.2 Å². The maximum Gasteiger partial charge on any atom is 0.408 e. The van der Waals surface area contributed by atoms with Crippen LogP contribution in [-0.2, 0) is 14.4 Å². The number of carbonyl (C=O) groups is 4. The van der Waals surface area contributed by atoms with E-state index in [0.717, 1.165) is 0 Å². The molecule has 1 unspecified atom stereocenters. The van der Waals surface area contributed by atoms with Gasteiger partial charge in [-0.3, -0.25) is 9.59 Å². The van der Waals surface area contributed by atoms with Crippen LogP contribution < -0.4 is 10.1 Å². The van der Waals surface area contributed by atoms with Gasteiger partial charge in [-0.25, -0.2) is 9.59 Å². The second kappa shape index (κ2) is 8.47. The highest BCUT2D eigenvalue weighted by molar-refractivity contribution is 6.20. The van der Waals surface area contributed by atoms with Crippen molar-refractivity contribution in [1.82, 2.24) is 10.4 Å². The summed E-state index contributed by atoms with van der Waals surface area (Å²) in [4.78, 5) is 55.4. The number of amides is 3. The second-order valence-corrected chi connectivity index (χ2v) is 7.72. The lowest BCUT2D eigenvalue weighted by molar-refractivity contribution is -0.171. The van der Waals surface area contributed by atoms with Gasteiger partial charge in [-0.2, -0.15) is 0 Å². The molecule has 3 rings (SSSR count). The highest BCUT2D eigenvalue weighted by Gasteiger charge is 2.40. The van der Waals surface area contributed by atoms with Gasteiger partial charge >= 0.3 is 12.1 Å². The van der Waals surface area contributed by atoms with Gasteiger partial charge in [-0.1, -0.05) is 29.3 Å². The molecule has 0 spiro atoms. The van der Waals surface area contributed by atoms with Crippen molar-refractivity contribution >= 4 is 23.9 Å². The van der Waals surface area contributed by atoms with Crippen LogP contribution in [0.2, 0.25) is 0 Å². The number of alkyl carbamates (subject to hydrolysis) is 1. The quantitative estimate of drug-likeness (QED) is 0.732. The zero-order chi connectivity index (χ0) is 22.8. The fourth-order valence-corrected chi connectivity index (χ4v) is 2.92. The van der Waals surface area contributed by atoms with Crippen LogP contribution in [0.25, 0.3) is 0 Å². The summed E-state index contributed by atoms with van der Waals surface area (Å²) in [6, 6.07) is 11.1. The van der Waals surface area contributed by atoms with Gasteiger partial charge in [0.2, 0.25) is 0 Å². The SMILES string of the molecule is COc1cccc(C(NC(=O)OC(C)(C)C)C(=O)ON2C(=O)c3ccccc3C2=O)c1. The Kier molecular flexibility index (Phi) is 5.96. The first-order chi connectivity index (χ1) is 14.6. The first-order valence-electron chi connectivity index (χ1n) is 9.44. The number of hydrogen-bond donors (Lipinski definition) is 1. The minimum absolute atomic E-state index is 0.123. The molecule has 0 aromatic heterocycles. The summed E-state index contributed by atoms with van der Waals surface area (Å²) in [5.74, 6) is -2.15. The lowest BCUT2D eigenvalue weighted by atomic mass is 10.1. The molecule has 2 aromatic rings. The van der Waals surface area contributed by atoms with Crippen LogP contribution in [0.4, 0.5) is 4.79 Å². The number of fused-ring (bicyclic) bond motifs is 1. The molecular formula is C22H22N2O7. The van der Waals surface area contributed by atoms with Crippen molar-refractivity contribution in [3.05, 3.63) is 65.2 Å². The fraction of sp³-hybridized carbons (Fsp3) is 0.273. The maximum absolute atomic E-state index is 13.0. The zero-order valence-corrected chi connectivity index (χ0v) is 17.5. The van der Waals surface area contributed by atoms with E-state index in [0.29, 0.717) is 16.4 Å². The molecule has 0 radical (unpaired) electrons. The van der Waals surface area contributed by atoms with Gasteiger partial charge in [-0.15, -0.1) is 0 Å². The summed E-state index contributed by atoms with van der Waals surface area (Å²) in [5.41, 5.74) is -0.251. The minimum atomic E-state index is -1.37. The summed E-state index contributed by atoms with van der Waals surface area (Å²) in [7, 11) is 1.45. The van der Waals surface area contributed by atoms with E-state index < -0.39 is 35.5 Å². The molecular weight excluding hydrogens is 404 g/mol. The highest BCUT2D eigenvalue weighted by Crippen LogP contribution is 2.26. The summed E-state index contributed by atoms with van der Waals surface area (Å²) in [6.45, 7) is 5.01. The van der Waals surface area contributed by atoms with Crippen molar-refractivity contribution in [3.8, 4) is 5.75 Å². The number of hydroxylamine groups is 2. The molecule has 162 valence electrons. The van der Waals surface area contributed by atoms with Crippen LogP contribution >= 0.6 is 0 Å². The summed E-state index contributed by atoms with van der Waals surface area (Å²) in [5, 5.41) is 2.81. The Morgan fingerprint density at radius 3 is 2.13 bits per heavy atom. The molecule has 2 aromatic carbocycles. The number of nitrogens with one attached hydrogen (secondary N) is 1. The largest absolute Gasteiger partial charge is 0.497 e. The molecule has 0 saturated carbocycles. The van der Waals surface area contributed by atoms with Crippen molar-refractivity contribution in [3.63, 3.8) is 0 Å². The van der Waals surface area contributed by atoms with E-state index in [1.807, 2.05) is 0 Å². The van der Waals surface area contributed by atoms with Crippen LogP contribution in [0.5, 0.6) is 5.75 Å². The number of imide groups is 1. The number of hydrogen-bond acceptors (Lipinski definition) is 7. The zero-order valence-electron chi connectivity index (χ0n) is 17.5. The molecule has 1 aliphatic heterocycles. The fourth-order valence-electron chi connectivity index (χ4n) is 2.92. The van der Waals surface area contributed by atoms with E-state index >= 15 is 0 Å². The highest BCUT2D eigenvalue weighted by atomic mass is 16.7. The molecule has 3 amide bonds. The van der Waals surface area contributed by atoms with Crippen LogP contribution in [0.15, 0.2) is 48.5 Å². The van der Waals surface area contributed by atoms with E-state index in [-0.39, 0.29) is 11.1 Å². The average molecular weight is 426 g/mol. The third kappa shape index (κ3) is 4.82. The maximum atomic E-state index is 13.0. The van der Waals surface area contributed by atoms with Gasteiger partial charge in [-0.05, 0) is 50.6 Å². The molecule has 1 N–H and O–H groups in total. The van der Waals surface area contributed by atoms with Gasteiger partial charge in [0, 0.05) is 0 Å².